The fourth-order valence-electron chi connectivity index (χ4n) is 1.70. The number of thiophene rings is 1. The SMILES string of the molecule is Cc1cscc1CNc1cc(C(N)=O)c(N)cc1F. The monoisotopic (exact) mass is 279 g/mol. The van der Waals surface area contributed by atoms with Gasteiger partial charge in [-0.15, -0.1) is 0 Å². The van der Waals surface area contributed by atoms with Gasteiger partial charge in [-0.3, -0.25) is 4.79 Å². The lowest BCUT2D eigenvalue weighted by Crippen LogP contribution is -2.15. The van der Waals surface area contributed by atoms with Crippen LogP contribution in [0.15, 0.2) is 22.9 Å². The van der Waals surface area contributed by atoms with Crippen LogP contribution in [0.2, 0.25) is 0 Å². The molecule has 0 fully saturated rings. The van der Waals surface area contributed by atoms with Crippen molar-refractivity contribution in [1.82, 2.24) is 0 Å². The number of hydrogen-bond acceptors (Lipinski definition) is 4. The molecule has 0 bridgehead atoms. The maximum absolute atomic E-state index is 13.7. The fourth-order valence-corrected chi connectivity index (χ4v) is 2.55. The maximum atomic E-state index is 13.7. The molecule has 0 unspecified atom stereocenters. The molecule has 1 aromatic heterocycles. The molecule has 2 rings (SSSR count). The van der Waals surface area contributed by atoms with E-state index in [0.29, 0.717) is 6.54 Å². The summed E-state index contributed by atoms with van der Waals surface area (Å²) in [6.07, 6.45) is 0. The number of amides is 1. The van der Waals surface area contributed by atoms with Crippen LogP contribution in [0, 0.1) is 12.7 Å². The highest BCUT2D eigenvalue weighted by Gasteiger charge is 2.12. The molecule has 0 aliphatic carbocycles. The van der Waals surface area contributed by atoms with Crippen LogP contribution in [0.25, 0.3) is 0 Å². The Hall–Kier alpha value is -2.08. The zero-order valence-electron chi connectivity index (χ0n) is 10.4. The summed E-state index contributed by atoms with van der Waals surface area (Å²) in [7, 11) is 0. The smallest absolute Gasteiger partial charge is 0.250 e. The van der Waals surface area contributed by atoms with Crippen molar-refractivity contribution >= 4 is 28.6 Å². The number of rotatable bonds is 4. The van der Waals surface area contributed by atoms with E-state index in [2.05, 4.69) is 5.32 Å². The Bertz CT molecular complexity index is 624. The number of halogens is 1. The highest BCUT2D eigenvalue weighted by Crippen LogP contribution is 2.23. The van der Waals surface area contributed by atoms with E-state index in [1.165, 1.54) is 6.07 Å². The van der Waals surface area contributed by atoms with E-state index in [0.717, 1.165) is 17.2 Å². The minimum absolute atomic E-state index is 0.0438. The molecule has 6 heteroatoms. The minimum atomic E-state index is -0.674. The van der Waals surface area contributed by atoms with Gasteiger partial charge in [0.15, 0.2) is 0 Å². The number of aryl methyl sites for hydroxylation is 1. The number of primary amides is 1. The molecule has 1 heterocycles. The number of nitrogens with two attached hydrogens (primary N) is 2. The summed E-state index contributed by atoms with van der Waals surface area (Å²) >= 11 is 1.59. The van der Waals surface area contributed by atoms with Crippen LogP contribution < -0.4 is 16.8 Å². The van der Waals surface area contributed by atoms with Crippen LogP contribution >= 0.6 is 11.3 Å². The first-order chi connectivity index (χ1) is 8.99. The molecule has 1 amide bonds. The third-order valence-electron chi connectivity index (χ3n) is 2.84. The Balaban J connectivity index is 2.23. The van der Waals surface area contributed by atoms with Crippen LogP contribution in [0.4, 0.5) is 15.8 Å². The van der Waals surface area contributed by atoms with Crippen LogP contribution in [-0.2, 0) is 6.54 Å². The van der Waals surface area contributed by atoms with Gasteiger partial charge in [0.1, 0.15) is 5.82 Å². The first kappa shape index (κ1) is 13.4. The van der Waals surface area contributed by atoms with Gasteiger partial charge in [0, 0.05) is 12.2 Å². The molecule has 5 N–H and O–H groups in total. The summed E-state index contributed by atoms with van der Waals surface area (Å²) < 4.78 is 13.7. The van der Waals surface area contributed by atoms with Gasteiger partial charge in [0.2, 0.25) is 0 Å². The third kappa shape index (κ3) is 2.85. The first-order valence-electron chi connectivity index (χ1n) is 5.63. The van der Waals surface area contributed by atoms with Gasteiger partial charge in [-0.1, -0.05) is 0 Å². The topological polar surface area (TPSA) is 81.1 Å². The number of nitrogens with one attached hydrogen (secondary N) is 1. The molecule has 0 spiro atoms. The van der Waals surface area contributed by atoms with Crippen molar-refractivity contribution in [3.8, 4) is 0 Å². The molecule has 1 aromatic carbocycles. The average molecular weight is 279 g/mol. The number of carbonyl (C=O) groups is 1. The van der Waals surface area contributed by atoms with E-state index >= 15 is 0 Å². The summed E-state index contributed by atoms with van der Waals surface area (Å²) in [5.74, 6) is -1.18. The zero-order chi connectivity index (χ0) is 14.0. The molecule has 19 heavy (non-hydrogen) atoms. The fraction of sp³-hybridized carbons (Fsp3) is 0.154. The standard InChI is InChI=1S/C13H14FN3OS/c1-7-5-19-6-8(7)4-17-12-2-9(13(16)18)11(15)3-10(12)14/h2-3,5-6,17H,4,15H2,1H3,(H2,16,18). The molecule has 4 nitrogen and oxygen atoms in total. The lowest BCUT2D eigenvalue weighted by atomic mass is 10.1. The molecular formula is C13H14FN3OS. The van der Waals surface area contributed by atoms with Crippen LogP contribution in [0.5, 0.6) is 0 Å². The summed E-state index contributed by atoms with van der Waals surface area (Å²) in [5.41, 5.74) is 13.3. The van der Waals surface area contributed by atoms with Crippen molar-refractivity contribution in [1.29, 1.82) is 0 Å². The number of carbonyl (C=O) groups excluding carboxylic acids is 1. The number of anilines is 2. The van der Waals surface area contributed by atoms with Crippen LogP contribution in [0.1, 0.15) is 21.5 Å². The predicted molar refractivity (Wildman–Crippen MR) is 75.7 cm³/mol. The summed E-state index contributed by atoms with van der Waals surface area (Å²) in [6.45, 7) is 2.47. The average Bonchev–Trinajstić information content (AvgIpc) is 2.73. The second kappa shape index (κ2) is 5.27. The Morgan fingerprint density at radius 1 is 1.42 bits per heavy atom. The quantitative estimate of drug-likeness (QED) is 0.752. The largest absolute Gasteiger partial charge is 0.398 e. The van der Waals surface area contributed by atoms with E-state index in [1.54, 1.807) is 11.3 Å². The summed E-state index contributed by atoms with van der Waals surface area (Å²) in [6, 6.07) is 2.44. The van der Waals surface area contributed by atoms with E-state index in [-0.39, 0.29) is 16.9 Å². The molecular weight excluding hydrogens is 265 g/mol. The second-order valence-corrected chi connectivity index (χ2v) is 4.96. The van der Waals surface area contributed by atoms with E-state index in [4.69, 9.17) is 11.5 Å². The van der Waals surface area contributed by atoms with Gasteiger partial charge in [-0.25, -0.2) is 4.39 Å². The van der Waals surface area contributed by atoms with Crippen molar-refractivity contribution in [2.24, 2.45) is 5.73 Å². The third-order valence-corrected chi connectivity index (χ3v) is 3.75. The number of benzene rings is 1. The number of nitrogen functional groups attached to an aromatic ring is 1. The predicted octanol–water partition coefficient (Wildman–Crippen LogP) is 2.49. The lowest BCUT2D eigenvalue weighted by molar-refractivity contribution is 0.100. The van der Waals surface area contributed by atoms with Crippen molar-refractivity contribution in [2.75, 3.05) is 11.1 Å². The van der Waals surface area contributed by atoms with Gasteiger partial charge in [0.25, 0.3) is 5.91 Å². The van der Waals surface area contributed by atoms with E-state index in [1.807, 2.05) is 17.7 Å². The molecule has 0 aliphatic rings. The molecule has 0 aliphatic heterocycles. The highest BCUT2D eigenvalue weighted by atomic mass is 32.1. The Morgan fingerprint density at radius 3 is 2.74 bits per heavy atom. The Morgan fingerprint density at radius 2 is 2.16 bits per heavy atom. The van der Waals surface area contributed by atoms with Crippen molar-refractivity contribution < 1.29 is 9.18 Å². The van der Waals surface area contributed by atoms with E-state index in [9.17, 15) is 9.18 Å². The first-order valence-corrected chi connectivity index (χ1v) is 6.57. The number of hydrogen-bond donors (Lipinski definition) is 3. The molecule has 0 saturated carbocycles. The van der Waals surface area contributed by atoms with Crippen molar-refractivity contribution in [2.45, 2.75) is 13.5 Å². The van der Waals surface area contributed by atoms with Crippen LogP contribution in [0.3, 0.4) is 0 Å². The van der Waals surface area contributed by atoms with Gasteiger partial charge < -0.3 is 16.8 Å². The molecule has 0 saturated heterocycles. The molecule has 100 valence electrons. The Kier molecular flexibility index (Phi) is 3.71. The molecule has 0 radical (unpaired) electrons. The van der Waals surface area contributed by atoms with Crippen molar-refractivity contribution in [3.63, 3.8) is 0 Å². The Labute approximate surface area is 114 Å². The summed E-state index contributed by atoms with van der Waals surface area (Å²) in [4.78, 5) is 11.2. The minimum Gasteiger partial charge on any atom is -0.398 e. The zero-order valence-corrected chi connectivity index (χ0v) is 11.2. The van der Waals surface area contributed by atoms with Gasteiger partial charge in [0.05, 0.1) is 11.3 Å². The van der Waals surface area contributed by atoms with Gasteiger partial charge in [-0.05, 0) is 40.9 Å². The highest BCUT2D eigenvalue weighted by molar-refractivity contribution is 7.08. The molecule has 2 aromatic rings. The van der Waals surface area contributed by atoms with Crippen LogP contribution in [-0.4, -0.2) is 5.91 Å². The summed E-state index contributed by atoms with van der Waals surface area (Å²) in [5, 5.41) is 6.96. The maximum Gasteiger partial charge on any atom is 0.250 e. The second-order valence-electron chi connectivity index (χ2n) is 4.22. The lowest BCUT2D eigenvalue weighted by Gasteiger charge is -2.10. The van der Waals surface area contributed by atoms with E-state index < -0.39 is 11.7 Å². The molecule has 0 atom stereocenters. The van der Waals surface area contributed by atoms with Gasteiger partial charge in [-0.2, -0.15) is 11.3 Å². The normalized spacial score (nSPS) is 10.4. The van der Waals surface area contributed by atoms with Crippen molar-refractivity contribution in [3.05, 3.63) is 45.4 Å². The van der Waals surface area contributed by atoms with Gasteiger partial charge >= 0.3 is 0 Å².